The Labute approximate surface area is 319 Å². The Hall–Kier alpha value is -4.05. The molecule has 2 heterocycles. The van der Waals surface area contributed by atoms with Crippen LogP contribution in [-0.2, 0) is 46.9 Å². The predicted octanol–water partition coefficient (Wildman–Crippen LogP) is 2.60. The highest BCUT2D eigenvalue weighted by Gasteiger charge is 2.47. The van der Waals surface area contributed by atoms with Crippen LogP contribution in [0.5, 0.6) is 0 Å². The highest BCUT2D eigenvalue weighted by molar-refractivity contribution is 7.88. The SMILES string of the molecule is CN(C[C@@H](NC(=O)N[C@H](C(=O)N1CC(OC(=O)N2CCc3ccccc3C2)C[C@H]1C(=O)CC(CC1CC1)C(=O)C(N)=O)C(C)(C)C)C(C)(C)C)S(C)(=O)=O. The van der Waals surface area contributed by atoms with Gasteiger partial charge in [0.05, 0.1) is 18.8 Å². The normalized spacial score (nSPS) is 20.8. The second kappa shape index (κ2) is 16.8. The summed E-state index contributed by atoms with van der Waals surface area (Å²) in [5.74, 6) is -3.75. The number of primary amides is 1. The average Bonchev–Trinajstić information content (AvgIpc) is 3.79. The molecule has 5 amide bonds. The van der Waals surface area contributed by atoms with Crippen molar-refractivity contribution >= 4 is 45.5 Å². The van der Waals surface area contributed by atoms with Gasteiger partial charge in [0.1, 0.15) is 12.1 Å². The van der Waals surface area contributed by atoms with Crippen molar-refractivity contribution < 1.29 is 41.9 Å². The largest absolute Gasteiger partial charge is 0.444 e. The Kier molecular flexibility index (Phi) is 13.2. The minimum Gasteiger partial charge on any atom is -0.444 e. The van der Waals surface area contributed by atoms with E-state index in [1.807, 2.05) is 45.0 Å². The predicted molar refractivity (Wildman–Crippen MR) is 201 cm³/mol. The number of Topliss-reactive ketones (excluding diaryl/α,β-unsaturated/α-hetero) is 2. The number of sulfonamides is 1. The molecule has 1 aromatic rings. The lowest BCUT2D eigenvalue weighted by molar-refractivity contribution is -0.143. The van der Waals surface area contributed by atoms with Crippen molar-refractivity contribution in [2.75, 3.05) is 32.9 Å². The first-order valence-corrected chi connectivity index (χ1v) is 20.5. The monoisotopic (exact) mass is 774 g/mol. The summed E-state index contributed by atoms with van der Waals surface area (Å²) in [7, 11) is -2.14. The van der Waals surface area contributed by atoms with Crippen molar-refractivity contribution in [3.8, 4) is 0 Å². The van der Waals surface area contributed by atoms with E-state index in [9.17, 15) is 37.2 Å². The summed E-state index contributed by atoms with van der Waals surface area (Å²) in [5.41, 5.74) is 6.06. The molecule has 1 aromatic carbocycles. The molecule has 1 saturated heterocycles. The Balaban J connectivity index is 1.57. The van der Waals surface area contributed by atoms with Gasteiger partial charge >= 0.3 is 12.1 Å². The van der Waals surface area contributed by atoms with Gasteiger partial charge in [-0.05, 0) is 40.7 Å². The summed E-state index contributed by atoms with van der Waals surface area (Å²) < 4.78 is 31.4. The third kappa shape index (κ3) is 11.2. The molecule has 1 saturated carbocycles. The van der Waals surface area contributed by atoms with Crippen molar-refractivity contribution in [2.45, 2.75) is 111 Å². The summed E-state index contributed by atoms with van der Waals surface area (Å²) in [5, 5.41) is 5.62. The van der Waals surface area contributed by atoms with Crippen LogP contribution in [0.4, 0.5) is 9.59 Å². The topological polar surface area (TPSA) is 206 Å². The summed E-state index contributed by atoms with van der Waals surface area (Å²) in [6.45, 7) is 11.5. The van der Waals surface area contributed by atoms with Crippen LogP contribution in [0.2, 0.25) is 0 Å². The molecule has 4 N–H and O–H groups in total. The summed E-state index contributed by atoms with van der Waals surface area (Å²) >= 11 is 0. The molecule has 0 aromatic heterocycles. The Morgan fingerprint density at radius 2 is 1.61 bits per heavy atom. The summed E-state index contributed by atoms with van der Waals surface area (Å²) in [6.07, 6.45) is 2.02. The van der Waals surface area contributed by atoms with Crippen molar-refractivity contribution in [3.05, 3.63) is 35.4 Å². The molecule has 3 aliphatic rings. The van der Waals surface area contributed by atoms with E-state index < -0.39 is 86.5 Å². The number of nitrogens with zero attached hydrogens (tertiary/aromatic N) is 3. The number of fused-ring (bicyclic) bond motifs is 1. The van der Waals surface area contributed by atoms with Gasteiger partial charge in [0.2, 0.25) is 21.7 Å². The van der Waals surface area contributed by atoms with Crippen LogP contribution in [0, 0.1) is 22.7 Å². The number of benzene rings is 1. The molecule has 0 radical (unpaired) electrons. The van der Waals surface area contributed by atoms with Crippen LogP contribution in [0.3, 0.4) is 0 Å². The fourth-order valence-corrected chi connectivity index (χ4v) is 7.41. The van der Waals surface area contributed by atoms with Crippen LogP contribution in [0.1, 0.15) is 84.8 Å². The number of hydrogen-bond acceptors (Lipinski definition) is 9. The van der Waals surface area contributed by atoms with E-state index in [0.717, 1.165) is 34.5 Å². The molecule has 15 nitrogen and oxygen atoms in total. The average molecular weight is 775 g/mol. The molecule has 2 aliphatic heterocycles. The maximum atomic E-state index is 14.6. The van der Waals surface area contributed by atoms with Crippen LogP contribution in [-0.4, -0.2) is 115 Å². The Morgan fingerprint density at radius 3 is 2.17 bits per heavy atom. The van der Waals surface area contributed by atoms with Gasteiger partial charge in [0.15, 0.2) is 5.78 Å². The molecule has 300 valence electrons. The molecular formula is C38H58N6O9S. The third-order valence-electron chi connectivity index (χ3n) is 10.7. The van der Waals surface area contributed by atoms with Crippen LogP contribution < -0.4 is 16.4 Å². The van der Waals surface area contributed by atoms with Crippen molar-refractivity contribution in [3.63, 3.8) is 0 Å². The first kappa shape index (κ1) is 42.7. The zero-order valence-electron chi connectivity index (χ0n) is 32.8. The van der Waals surface area contributed by atoms with Gasteiger partial charge in [-0.25, -0.2) is 22.3 Å². The van der Waals surface area contributed by atoms with Gasteiger partial charge in [0.25, 0.3) is 5.91 Å². The second-order valence-corrected chi connectivity index (χ2v) is 19.4. The lowest BCUT2D eigenvalue weighted by Gasteiger charge is -2.37. The van der Waals surface area contributed by atoms with E-state index in [1.54, 1.807) is 25.7 Å². The smallest absolute Gasteiger partial charge is 0.410 e. The van der Waals surface area contributed by atoms with E-state index in [4.69, 9.17) is 10.5 Å². The number of amides is 5. The van der Waals surface area contributed by atoms with Gasteiger partial charge < -0.3 is 30.9 Å². The van der Waals surface area contributed by atoms with E-state index in [0.29, 0.717) is 25.9 Å². The maximum absolute atomic E-state index is 14.6. The van der Waals surface area contributed by atoms with Crippen LogP contribution >= 0.6 is 0 Å². The molecule has 2 fully saturated rings. The summed E-state index contributed by atoms with van der Waals surface area (Å²) in [6, 6.07) is 4.18. The number of nitrogens with one attached hydrogen (secondary N) is 2. The molecule has 1 aliphatic carbocycles. The molecule has 0 bridgehead atoms. The highest BCUT2D eigenvalue weighted by Crippen LogP contribution is 2.37. The molecule has 2 unspecified atom stereocenters. The zero-order valence-corrected chi connectivity index (χ0v) is 33.7. The van der Waals surface area contributed by atoms with Crippen molar-refractivity contribution in [2.24, 2.45) is 28.4 Å². The molecule has 4 rings (SSSR count). The lowest BCUT2D eigenvalue weighted by Crippen LogP contribution is -2.61. The number of likely N-dealkylation sites (tertiary alicyclic amines) is 1. The standard InChI is InChI=1S/C38H58N6O9S/c1-37(2,3)30(22-42(7)54(8,51)52)40-35(49)41-32(38(4,5)6)34(48)44-21-27(53-36(50)43-16-15-24-11-9-10-12-25(24)20-43)19-28(44)29(45)18-26(17-23-13-14-23)31(46)33(39)47/h9-12,23,26-28,30,32H,13-22H2,1-8H3,(H2,39,47)(H2,40,41,49)/t26?,27?,28-,30+,32+/m0/s1. The second-order valence-electron chi connectivity index (χ2n) is 17.3. The van der Waals surface area contributed by atoms with Crippen LogP contribution in [0.15, 0.2) is 24.3 Å². The molecule has 5 atom stereocenters. The first-order valence-electron chi connectivity index (χ1n) is 18.6. The number of nitrogens with two attached hydrogens (primary N) is 1. The quantitative estimate of drug-likeness (QED) is 0.237. The minimum atomic E-state index is -3.55. The Morgan fingerprint density at radius 1 is 0.981 bits per heavy atom. The van der Waals surface area contributed by atoms with Gasteiger partial charge in [-0.2, -0.15) is 0 Å². The number of urea groups is 1. The van der Waals surface area contributed by atoms with Crippen LogP contribution in [0.25, 0.3) is 0 Å². The first-order chi connectivity index (χ1) is 24.9. The minimum absolute atomic E-state index is 0.0196. The summed E-state index contributed by atoms with van der Waals surface area (Å²) in [4.78, 5) is 83.4. The van der Waals surface area contributed by atoms with Gasteiger partial charge in [-0.1, -0.05) is 78.6 Å². The maximum Gasteiger partial charge on any atom is 0.410 e. The van der Waals surface area contributed by atoms with E-state index in [1.165, 1.54) is 11.9 Å². The number of ketones is 2. The number of carbonyl (C=O) groups is 6. The molecule has 16 heteroatoms. The number of carbonyl (C=O) groups excluding carboxylic acids is 6. The van der Waals surface area contributed by atoms with Gasteiger partial charge in [-0.15, -0.1) is 0 Å². The van der Waals surface area contributed by atoms with Gasteiger partial charge in [-0.3, -0.25) is 19.2 Å². The van der Waals surface area contributed by atoms with Gasteiger partial charge in [0, 0.05) is 51.5 Å². The number of hydrogen-bond donors (Lipinski definition) is 3. The van der Waals surface area contributed by atoms with E-state index in [2.05, 4.69) is 10.6 Å². The number of likely N-dealkylation sites (N-methyl/N-ethyl adjacent to an activating group) is 1. The Bertz CT molecular complexity index is 1720. The third-order valence-corrected chi connectivity index (χ3v) is 12.0. The lowest BCUT2D eigenvalue weighted by atomic mass is 9.85. The molecule has 0 spiro atoms. The fourth-order valence-electron chi connectivity index (χ4n) is 6.99. The number of ether oxygens (including phenoxy) is 1. The van der Waals surface area contributed by atoms with E-state index in [-0.39, 0.29) is 31.8 Å². The van der Waals surface area contributed by atoms with Crippen molar-refractivity contribution in [1.82, 2.24) is 24.7 Å². The fraction of sp³-hybridized carbons (Fsp3) is 0.684. The molecular weight excluding hydrogens is 717 g/mol. The highest BCUT2D eigenvalue weighted by atomic mass is 32.2. The number of rotatable bonds is 14. The zero-order chi connectivity index (χ0) is 40.3. The molecule has 54 heavy (non-hydrogen) atoms. The van der Waals surface area contributed by atoms with E-state index >= 15 is 0 Å². The van der Waals surface area contributed by atoms with Crippen molar-refractivity contribution in [1.29, 1.82) is 0 Å².